The van der Waals surface area contributed by atoms with Crippen molar-refractivity contribution in [1.82, 2.24) is 0 Å². The third kappa shape index (κ3) is 17.6. The van der Waals surface area contributed by atoms with Crippen LogP contribution in [0.1, 0.15) is 19.8 Å². The smallest absolute Gasteiger partial charge is 0.542 e. The van der Waals surface area contributed by atoms with E-state index >= 15 is 0 Å². The van der Waals surface area contributed by atoms with Gasteiger partial charge in [0, 0.05) is 13.3 Å². The van der Waals surface area contributed by atoms with Gasteiger partial charge in [0.15, 0.2) is 5.78 Å². The predicted molar refractivity (Wildman–Crippen MR) is 49.7 cm³/mol. The van der Waals surface area contributed by atoms with Crippen LogP contribution < -0.4 is 46.1 Å². The summed E-state index contributed by atoms with van der Waals surface area (Å²) in [6, 6.07) is -0.979. The number of Topliss-reactive ketones (excluding diaryl/α,β-unsaturated/α-hetero) is 1. The first-order valence-corrected chi connectivity index (χ1v) is 4.17. The molecule has 0 heterocycles. The van der Waals surface area contributed by atoms with E-state index < -0.39 is 29.7 Å². The van der Waals surface area contributed by atoms with E-state index in [9.17, 15) is 24.3 Å². The Morgan fingerprint density at radius 1 is 1.29 bits per heavy atom. The molecule has 0 fully saturated rings. The van der Waals surface area contributed by atoms with Crippen molar-refractivity contribution in [3.05, 3.63) is 0 Å². The van der Waals surface area contributed by atoms with Gasteiger partial charge in [-0.3, -0.25) is 14.4 Å². The number of primary amides is 1. The minimum Gasteiger partial charge on any atom is -0.542 e. The second-order valence-electron chi connectivity index (χ2n) is 2.79. The van der Waals surface area contributed by atoms with Gasteiger partial charge in [0.1, 0.15) is 12.0 Å². The van der Waals surface area contributed by atoms with Crippen molar-refractivity contribution in [2.75, 3.05) is 0 Å². The van der Waals surface area contributed by atoms with Gasteiger partial charge in [0.05, 0.1) is 0 Å². The van der Waals surface area contributed by atoms with Crippen molar-refractivity contribution in [2.45, 2.75) is 25.8 Å². The van der Waals surface area contributed by atoms with E-state index in [-0.39, 0.29) is 42.4 Å². The fourth-order valence-corrected chi connectivity index (χ4v) is 0.421. The van der Waals surface area contributed by atoms with Crippen LogP contribution >= 0.6 is 0 Å². The number of hydrogen-bond acceptors (Lipinski definition) is 6. The van der Waals surface area contributed by atoms with Crippen LogP contribution in [0.5, 0.6) is 0 Å². The van der Waals surface area contributed by atoms with Crippen molar-refractivity contribution in [3.63, 3.8) is 0 Å². The van der Waals surface area contributed by atoms with Crippen molar-refractivity contribution >= 4 is 23.6 Å². The van der Waals surface area contributed by atoms with Gasteiger partial charge < -0.3 is 26.5 Å². The van der Waals surface area contributed by atoms with E-state index in [1.54, 1.807) is 0 Å². The molecule has 0 spiro atoms. The molecule has 0 aliphatic heterocycles. The number of amides is 1. The van der Waals surface area contributed by atoms with Crippen molar-refractivity contribution in [2.24, 2.45) is 11.5 Å². The molecule has 8 nitrogen and oxygen atoms in total. The van der Waals surface area contributed by atoms with Crippen molar-refractivity contribution in [1.29, 1.82) is 0 Å². The first-order valence-electron chi connectivity index (χ1n) is 4.17. The Morgan fingerprint density at radius 3 is 1.82 bits per heavy atom. The molecule has 17 heavy (non-hydrogen) atoms. The molecule has 0 rings (SSSR count). The minimum atomic E-state index is -1.63. The topological polar surface area (TPSA) is 164 Å². The van der Waals surface area contributed by atoms with Gasteiger partial charge in [-0.2, -0.15) is 0 Å². The van der Waals surface area contributed by atoms with Crippen LogP contribution in [0.15, 0.2) is 0 Å². The Hall–Kier alpha value is -0.960. The zero-order chi connectivity index (χ0) is 13.3. The molecular weight excluding hydrogens is 243 g/mol. The molecule has 0 saturated heterocycles. The van der Waals surface area contributed by atoms with Crippen LogP contribution in [0.4, 0.5) is 0 Å². The predicted octanol–water partition coefficient (Wildman–Crippen LogP) is -6.01. The summed E-state index contributed by atoms with van der Waals surface area (Å²) in [6.07, 6.45) is 0.123. The summed E-state index contributed by atoms with van der Waals surface area (Å²) >= 11 is 0. The zero-order valence-electron chi connectivity index (χ0n) is 9.63. The fourth-order valence-electron chi connectivity index (χ4n) is 0.421. The quantitative estimate of drug-likeness (QED) is 0.325. The Morgan fingerprint density at radius 2 is 1.65 bits per heavy atom. The summed E-state index contributed by atoms with van der Waals surface area (Å²) in [4.78, 5) is 38.9. The second-order valence-corrected chi connectivity index (χ2v) is 2.79. The summed E-state index contributed by atoms with van der Waals surface area (Å²) in [5.41, 5.74) is 9.81. The summed E-state index contributed by atoms with van der Waals surface area (Å²) in [6.45, 7) is 0.940. The molecule has 0 saturated carbocycles. The maximum absolute atomic E-state index is 10.1. The monoisotopic (exact) mass is 256 g/mol. The van der Waals surface area contributed by atoms with Crippen LogP contribution in [0.25, 0.3) is 0 Å². The van der Waals surface area contributed by atoms with E-state index in [0.717, 1.165) is 6.92 Å². The second kappa shape index (κ2) is 11.5. The van der Waals surface area contributed by atoms with Crippen LogP contribution in [-0.4, -0.2) is 34.8 Å². The van der Waals surface area contributed by atoms with Gasteiger partial charge in [-0.05, 0) is 6.42 Å². The summed E-state index contributed by atoms with van der Waals surface area (Å²) < 4.78 is 0. The molecule has 92 valence electrons. The SMILES string of the molecule is CC(=O)C(=O)[O-].NC(=O)CC[C@H](N)C(=O)O.[Na+]. The Kier molecular flexibility index (Phi) is 14.5. The van der Waals surface area contributed by atoms with Gasteiger partial charge in [0.2, 0.25) is 5.91 Å². The van der Waals surface area contributed by atoms with E-state index in [1.165, 1.54) is 0 Å². The van der Waals surface area contributed by atoms with Gasteiger partial charge in [-0.1, -0.05) is 0 Å². The zero-order valence-corrected chi connectivity index (χ0v) is 11.6. The van der Waals surface area contributed by atoms with Crippen molar-refractivity contribution < 1.29 is 58.9 Å². The molecule has 0 aromatic rings. The Labute approximate surface area is 120 Å². The Bertz CT molecular complexity index is 282. The first kappa shape index (κ1) is 21.3. The van der Waals surface area contributed by atoms with Crippen LogP contribution in [0.3, 0.4) is 0 Å². The fraction of sp³-hybridized carbons (Fsp3) is 0.500. The van der Waals surface area contributed by atoms with E-state index in [2.05, 4.69) is 0 Å². The number of ketones is 1. The standard InChI is InChI=1S/C5H10N2O3.C3H4O3.Na/c6-3(5(9)10)1-2-4(7)8;1-2(4)3(5)6;/h3H,1-2,6H2,(H2,7,8)(H,9,10);1H3,(H,5,6);/q;;+1/p-1/t3-;;/m0../s1. The molecule has 9 heteroatoms. The maximum Gasteiger partial charge on any atom is 1.00 e. The first-order chi connectivity index (χ1) is 7.18. The molecule has 5 N–H and O–H groups in total. The molecule has 0 bridgehead atoms. The number of aliphatic carboxylic acids is 2. The average Bonchev–Trinajstić information content (AvgIpc) is 2.14. The average molecular weight is 256 g/mol. The summed E-state index contributed by atoms with van der Waals surface area (Å²) in [5, 5.41) is 17.5. The molecular formula is C8H13N2NaO6. The molecule has 0 aromatic heterocycles. The van der Waals surface area contributed by atoms with E-state index in [1.807, 2.05) is 0 Å². The maximum atomic E-state index is 10.1. The number of hydrogen-bond donors (Lipinski definition) is 3. The molecule has 0 radical (unpaired) electrons. The molecule has 1 atom stereocenters. The summed E-state index contributed by atoms with van der Waals surface area (Å²) in [5.74, 6) is -4.21. The number of carbonyl (C=O) groups excluding carboxylic acids is 3. The molecule has 1 amide bonds. The van der Waals surface area contributed by atoms with E-state index in [4.69, 9.17) is 16.6 Å². The van der Waals surface area contributed by atoms with Crippen LogP contribution in [0, 0.1) is 0 Å². The summed E-state index contributed by atoms with van der Waals surface area (Å²) in [7, 11) is 0. The van der Waals surface area contributed by atoms with Crippen LogP contribution in [0.2, 0.25) is 0 Å². The number of rotatable bonds is 5. The van der Waals surface area contributed by atoms with Crippen molar-refractivity contribution in [3.8, 4) is 0 Å². The van der Waals surface area contributed by atoms with Gasteiger partial charge in [-0.25, -0.2) is 0 Å². The number of carboxylic acid groups (broad SMARTS) is 2. The molecule has 0 aliphatic carbocycles. The van der Waals surface area contributed by atoms with E-state index in [0.29, 0.717) is 0 Å². The third-order valence-corrected chi connectivity index (χ3v) is 1.31. The van der Waals surface area contributed by atoms with Gasteiger partial charge in [0.25, 0.3) is 0 Å². The molecule has 0 aromatic carbocycles. The molecule has 0 unspecified atom stereocenters. The minimum absolute atomic E-state index is 0. The van der Waals surface area contributed by atoms with Gasteiger partial charge >= 0.3 is 35.5 Å². The number of carbonyl (C=O) groups is 4. The van der Waals surface area contributed by atoms with Gasteiger partial charge in [-0.15, -0.1) is 0 Å². The number of nitrogens with two attached hydrogens (primary N) is 2. The largest absolute Gasteiger partial charge is 1.00 e. The Balaban J connectivity index is -0.000000244. The normalized spacial score (nSPS) is 10.0. The van der Waals surface area contributed by atoms with Crippen LogP contribution in [-0.2, 0) is 19.2 Å². The third-order valence-electron chi connectivity index (χ3n) is 1.31. The molecule has 0 aliphatic rings. The number of carboxylic acids is 2.